The number of amides is 1. The van der Waals surface area contributed by atoms with Crippen LogP contribution in [-0.2, 0) is 5.60 Å². The Bertz CT molecular complexity index is 549. The van der Waals surface area contributed by atoms with Gasteiger partial charge in [-0.05, 0) is 53.6 Å². The van der Waals surface area contributed by atoms with Crippen LogP contribution >= 0.6 is 11.3 Å². The molecule has 5 heteroatoms. The summed E-state index contributed by atoms with van der Waals surface area (Å²) in [6.07, 6.45) is 0. The van der Waals surface area contributed by atoms with Gasteiger partial charge in [-0.3, -0.25) is 4.79 Å². The molecular formula is C14H14FNO2S. The van der Waals surface area contributed by atoms with E-state index in [0.29, 0.717) is 5.56 Å². The zero-order valence-electron chi connectivity index (χ0n) is 10.4. The third-order valence-corrected chi connectivity index (χ3v) is 3.53. The number of thiophene rings is 1. The van der Waals surface area contributed by atoms with Crippen molar-refractivity contribution in [2.24, 2.45) is 0 Å². The lowest BCUT2D eigenvalue weighted by Gasteiger charge is -2.22. The van der Waals surface area contributed by atoms with E-state index in [1.54, 1.807) is 6.92 Å². The molecule has 0 saturated carbocycles. The van der Waals surface area contributed by atoms with E-state index in [9.17, 15) is 14.3 Å². The molecule has 0 aliphatic carbocycles. The van der Waals surface area contributed by atoms with E-state index in [1.807, 2.05) is 16.8 Å². The lowest BCUT2D eigenvalue weighted by Crippen LogP contribution is -2.38. The van der Waals surface area contributed by atoms with Crippen molar-refractivity contribution >= 4 is 17.2 Å². The molecule has 0 aliphatic heterocycles. The van der Waals surface area contributed by atoms with Gasteiger partial charge in [0, 0.05) is 5.56 Å². The first-order chi connectivity index (χ1) is 8.99. The number of rotatable bonds is 4. The number of carbonyl (C=O) groups is 1. The Morgan fingerprint density at radius 3 is 2.63 bits per heavy atom. The monoisotopic (exact) mass is 279 g/mol. The molecule has 0 aliphatic rings. The van der Waals surface area contributed by atoms with Gasteiger partial charge in [-0.25, -0.2) is 4.39 Å². The third-order valence-electron chi connectivity index (χ3n) is 2.84. The number of halogens is 1. The maximum Gasteiger partial charge on any atom is 0.251 e. The number of benzene rings is 1. The molecule has 1 aromatic carbocycles. The van der Waals surface area contributed by atoms with Gasteiger partial charge in [-0.2, -0.15) is 11.3 Å². The van der Waals surface area contributed by atoms with Crippen molar-refractivity contribution in [3.05, 3.63) is 58.0 Å². The second-order valence-electron chi connectivity index (χ2n) is 4.48. The van der Waals surface area contributed by atoms with Gasteiger partial charge in [-0.15, -0.1) is 0 Å². The Labute approximate surface area is 114 Å². The van der Waals surface area contributed by atoms with Gasteiger partial charge in [-0.1, -0.05) is 0 Å². The molecule has 1 heterocycles. The van der Waals surface area contributed by atoms with Gasteiger partial charge in [0.05, 0.1) is 6.54 Å². The molecule has 0 radical (unpaired) electrons. The van der Waals surface area contributed by atoms with Crippen LogP contribution in [0.5, 0.6) is 0 Å². The Morgan fingerprint density at radius 2 is 2.05 bits per heavy atom. The van der Waals surface area contributed by atoms with E-state index in [4.69, 9.17) is 0 Å². The van der Waals surface area contributed by atoms with Crippen LogP contribution in [0.4, 0.5) is 4.39 Å². The van der Waals surface area contributed by atoms with Crippen molar-refractivity contribution < 1.29 is 14.3 Å². The minimum atomic E-state index is -1.12. The summed E-state index contributed by atoms with van der Waals surface area (Å²) in [5, 5.41) is 16.6. The second-order valence-corrected chi connectivity index (χ2v) is 5.26. The molecule has 0 bridgehead atoms. The normalized spacial score (nSPS) is 13.8. The fourth-order valence-electron chi connectivity index (χ4n) is 1.63. The Balaban J connectivity index is 1.99. The van der Waals surface area contributed by atoms with E-state index >= 15 is 0 Å². The van der Waals surface area contributed by atoms with Gasteiger partial charge in [0.15, 0.2) is 0 Å². The van der Waals surface area contributed by atoms with Crippen molar-refractivity contribution in [1.82, 2.24) is 5.32 Å². The van der Waals surface area contributed by atoms with Crippen molar-refractivity contribution in [3.8, 4) is 0 Å². The highest BCUT2D eigenvalue weighted by Gasteiger charge is 2.24. The lowest BCUT2D eigenvalue weighted by atomic mass is 9.99. The summed E-state index contributed by atoms with van der Waals surface area (Å²) in [7, 11) is 0. The summed E-state index contributed by atoms with van der Waals surface area (Å²) in [6.45, 7) is 1.74. The van der Waals surface area contributed by atoms with Crippen molar-refractivity contribution in [3.63, 3.8) is 0 Å². The summed E-state index contributed by atoms with van der Waals surface area (Å²) in [5.41, 5.74) is 0.00908. The van der Waals surface area contributed by atoms with E-state index < -0.39 is 5.60 Å². The molecule has 0 fully saturated rings. The molecule has 19 heavy (non-hydrogen) atoms. The largest absolute Gasteiger partial charge is 0.384 e. The molecule has 0 spiro atoms. The highest BCUT2D eigenvalue weighted by molar-refractivity contribution is 7.08. The van der Waals surface area contributed by atoms with E-state index in [0.717, 1.165) is 5.56 Å². The molecule has 1 aromatic heterocycles. The average Bonchev–Trinajstić information content (AvgIpc) is 2.91. The molecule has 2 aromatic rings. The summed E-state index contributed by atoms with van der Waals surface area (Å²) >= 11 is 1.48. The third kappa shape index (κ3) is 3.39. The van der Waals surface area contributed by atoms with Crippen LogP contribution in [0, 0.1) is 5.82 Å². The summed E-state index contributed by atoms with van der Waals surface area (Å²) in [6, 6.07) is 7.08. The van der Waals surface area contributed by atoms with Gasteiger partial charge < -0.3 is 10.4 Å². The summed E-state index contributed by atoms with van der Waals surface area (Å²) < 4.78 is 12.7. The van der Waals surface area contributed by atoms with E-state index in [1.165, 1.54) is 35.6 Å². The van der Waals surface area contributed by atoms with Crippen LogP contribution in [0.1, 0.15) is 22.8 Å². The van der Waals surface area contributed by atoms with Crippen LogP contribution in [0.15, 0.2) is 41.1 Å². The Kier molecular flexibility index (Phi) is 3.97. The summed E-state index contributed by atoms with van der Waals surface area (Å²) in [4.78, 5) is 11.8. The fraction of sp³-hybridized carbons (Fsp3) is 0.214. The molecule has 3 nitrogen and oxygen atoms in total. The summed E-state index contributed by atoms with van der Waals surface area (Å²) in [5.74, 6) is -0.725. The lowest BCUT2D eigenvalue weighted by molar-refractivity contribution is 0.0530. The molecule has 2 N–H and O–H groups in total. The molecule has 0 saturated heterocycles. The number of aliphatic hydroxyl groups is 1. The second kappa shape index (κ2) is 5.50. The first-order valence-electron chi connectivity index (χ1n) is 5.78. The van der Waals surface area contributed by atoms with Crippen molar-refractivity contribution in [1.29, 1.82) is 0 Å². The highest BCUT2D eigenvalue weighted by Crippen LogP contribution is 2.22. The maximum absolute atomic E-state index is 12.7. The standard InChI is InChI=1S/C14H14FNO2S/c1-14(18,11-6-7-19-8-11)9-16-13(17)10-2-4-12(15)5-3-10/h2-8,18H,9H2,1H3,(H,16,17). The van der Waals surface area contributed by atoms with E-state index in [-0.39, 0.29) is 18.3 Å². The van der Waals surface area contributed by atoms with Crippen LogP contribution < -0.4 is 5.32 Å². The van der Waals surface area contributed by atoms with Crippen LogP contribution in [0.25, 0.3) is 0 Å². The van der Waals surface area contributed by atoms with Gasteiger partial charge in [0.1, 0.15) is 11.4 Å². The number of hydrogen-bond donors (Lipinski definition) is 2. The van der Waals surface area contributed by atoms with Crippen LogP contribution in [-0.4, -0.2) is 17.6 Å². The zero-order valence-corrected chi connectivity index (χ0v) is 11.2. The molecular weight excluding hydrogens is 265 g/mol. The predicted octanol–water partition coefficient (Wildman–Crippen LogP) is 2.52. The molecule has 2 rings (SSSR count). The maximum atomic E-state index is 12.7. The topological polar surface area (TPSA) is 49.3 Å². The Morgan fingerprint density at radius 1 is 1.37 bits per heavy atom. The van der Waals surface area contributed by atoms with E-state index in [2.05, 4.69) is 5.32 Å². The van der Waals surface area contributed by atoms with Crippen LogP contribution in [0.2, 0.25) is 0 Å². The van der Waals surface area contributed by atoms with Gasteiger partial charge >= 0.3 is 0 Å². The molecule has 100 valence electrons. The molecule has 1 unspecified atom stereocenters. The quantitative estimate of drug-likeness (QED) is 0.903. The Hall–Kier alpha value is -1.72. The minimum absolute atomic E-state index is 0.0972. The average molecular weight is 279 g/mol. The first kappa shape index (κ1) is 13.7. The number of nitrogens with one attached hydrogen (secondary N) is 1. The minimum Gasteiger partial charge on any atom is -0.384 e. The van der Waals surface area contributed by atoms with Crippen LogP contribution in [0.3, 0.4) is 0 Å². The smallest absolute Gasteiger partial charge is 0.251 e. The van der Waals surface area contributed by atoms with Gasteiger partial charge in [0.2, 0.25) is 0 Å². The van der Waals surface area contributed by atoms with Gasteiger partial charge in [0.25, 0.3) is 5.91 Å². The number of carbonyl (C=O) groups excluding carboxylic acids is 1. The molecule has 1 amide bonds. The highest BCUT2D eigenvalue weighted by atomic mass is 32.1. The SMILES string of the molecule is CC(O)(CNC(=O)c1ccc(F)cc1)c1ccsc1. The predicted molar refractivity (Wildman–Crippen MR) is 72.6 cm³/mol. The number of hydrogen-bond acceptors (Lipinski definition) is 3. The zero-order chi connectivity index (χ0) is 13.9. The fourth-order valence-corrected chi connectivity index (χ4v) is 2.41. The molecule has 1 atom stereocenters. The van der Waals surface area contributed by atoms with Crippen molar-refractivity contribution in [2.75, 3.05) is 6.54 Å². The van der Waals surface area contributed by atoms with Crippen molar-refractivity contribution in [2.45, 2.75) is 12.5 Å². The first-order valence-corrected chi connectivity index (χ1v) is 6.72.